The molecule has 2 aromatic carbocycles. The molecule has 0 spiro atoms. The zero-order valence-electron chi connectivity index (χ0n) is 13.9. The Labute approximate surface area is 162 Å². The van der Waals surface area contributed by atoms with Gasteiger partial charge in [0.15, 0.2) is 11.5 Å². The van der Waals surface area contributed by atoms with Crippen LogP contribution in [-0.4, -0.2) is 30.8 Å². The lowest BCUT2D eigenvalue weighted by atomic mass is 10.1. The van der Waals surface area contributed by atoms with E-state index in [-0.39, 0.29) is 31.3 Å². The van der Waals surface area contributed by atoms with Crippen molar-refractivity contribution in [2.75, 3.05) is 25.5 Å². The van der Waals surface area contributed by atoms with E-state index >= 15 is 0 Å². The minimum absolute atomic E-state index is 0. The molecular weight excluding hydrogens is 379 g/mol. The smallest absolute Gasteiger partial charge is 0.224 e. The summed E-state index contributed by atoms with van der Waals surface area (Å²) < 4.78 is 10.9. The largest absolute Gasteiger partial charge is 0.486 e. The van der Waals surface area contributed by atoms with Crippen molar-refractivity contribution in [1.29, 1.82) is 0 Å². The number of fused-ring (bicyclic) bond motifs is 1. The molecule has 140 valence electrons. The average Bonchev–Trinajstić information content (AvgIpc) is 2.61. The quantitative estimate of drug-likeness (QED) is 0.672. The molecule has 1 unspecified atom stereocenters. The van der Waals surface area contributed by atoms with E-state index in [0.717, 1.165) is 5.56 Å². The number of nitrogens with two attached hydrogens (primary N) is 1. The first-order chi connectivity index (χ1) is 12.0. The molecule has 26 heavy (non-hydrogen) atoms. The van der Waals surface area contributed by atoms with E-state index in [1.54, 1.807) is 36.4 Å². The van der Waals surface area contributed by atoms with E-state index in [2.05, 4.69) is 5.32 Å². The number of nitrogen functional groups attached to an aromatic ring is 1. The Morgan fingerprint density at radius 3 is 2.65 bits per heavy atom. The number of carbonyl (C=O) groups is 1. The number of nitrogens with one attached hydrogen (secondary N) is 1. The summed E-state index contributed by atoms with van der Waals surface area (Å²) in [6.45, 7) is 0.945. The number of aliphatic hydroxyl groups is 1. The highest BCUT2D eigenvalue weighted by Gasteiger charge is 2.19. The van der Waals surface area contributed by atoms with Crippen molar-refractivity contribution < 1.29 is 19.4 Å². The predicted molar refractivity (Wildman–Crippen MR) is 102 cm³/mol. The van der Waals surface area contributed by atoms with Crippen LogP contribution >= 0.6 is 24.0 Å². The molecule has 4 N–H and O–H groups in total. The fraction of sp³-hybridized carbons (Fsp3) is 0.278. The van der Waals surface area contributed by atoms with Crippen molar-refractivity contribution in [3.63, 3.8) is 0 Å². The van der Waals surface area contributed by atoms with E-state index in [9.17, 15) is 9.90 Å². The molecule has 1 atom stereocenters. The lowest BCUT2D eigenvalue weighted by Gasteiger charge is -2.21. The Kier molecular flexibility index (Phi) is 6.97. The van der Waals surface area contributed by atoms with Crippen LogP contribution in [0.5, 0.6) is 11.5 Å². The molecule has 0 bridgehead atoms. The van der Waals surface area contributed by atoms with Crippen molar-refractivity contribution in [1.82, 2.24) is 5.32 Å². The number of rotatable bonds is 5. The Hall–Kier alpha value is -2.15. The van der Waals surface area contributed by atoms with Crippen molar-refractivity contribution in [3.8, 4) is 11.5 Å². The van der Waals surface area contributed by atoms with Gasteiger partial charge in [0.25, 0.3) is 0 Å². The second-order valence-electron chi connectivity index (χ2n) is 5.77. The minimum atomic E-state index is -0.899. The lowest BCUT2D eigenvalue weighted by molar-refractivity contribution is -0.120. The molecule has 0 fully saturated rings. The standard InChI is InChI=1S/C18H19ClN2O4.ClH/c19-14-8-12(9-16-18(14)25-6-5-24-16)15(22)10-21-17(23)7-11-1-3-13(20)4-2-11;/h1-4,8-9,15,22H,5-7,10,20H2,(H,21,23);1H. The van der Waals surface area contributed by atoms with E-state index in [1.807, 2.05) is 0 Å². The topological polar surface area (TPSA) is 93.8 Å². The maximum atomic E-state index is 12.0. The third kappa shape index (κ3) is 4.94. The first-order valence-corrected chi connectivity index (χ1v) is 8.29. The monoisotopic (exact) mass is 398 g/mol. The van der Waals surface area contributed by atoms with Crippen molar-refractivity contribution >= 4 is 35.6 Å². The van der Waals surface area contributed by atoms with Gasteiger partial charge in [-0.25, -0.2) is 0 Å². The number of benzene rings is 2. The first-order valence-electron chi connectivity index (χ1n) is 7.91. The molecule has 0 saturated heterocycles. The molecule has 1 aliphatic rings. The molecule has 3 rings (SSSR count). The lowest BCUT2D eigenvalue weighted by Crippen LogP contribution is -2.29. The second kappa shape index (κ2) is 8.98. The van der Waals surface area contributed by atoms with Crippen LogP contribution < -0.4 is 20.5 Å². The van der Waals surface area contributed by atoms with Gasteiger partial charge in [0.2, 0.25) is 5.91 Å². The highest BCUT2D eigenvalue weighted by molar-refractivity contribution is 6.32. The summed E-state index contributed by atoms with van der Waals surface area (Å²) in [4.78, 5) is 12.0. The zero-order valence-corrected chi connectivity index (χ0v) is 15.5. The molecule has 0 aliphatic carbocycles. The molecule has 2 aromatic rings. The molecule has 1 amide bonds. The second-order valence-corrected chi connectivity index (χ2v) is 6.17. The van der Waals surface area contributed by atoms with Crippen molar-refractivity contribution in [2.45, 2.75) is 12.5 Å². The summed E-state index contributed by atoms with van der Waals surface area (Å²) >= 11 is 6.16. The number of hydrogen-bond acceptors (Lipinski definition) is 5. The van der Waals surface area contributed by atoms with Crippen LogP contribution in [0.4, 0.5) is 5.69 Å². The van der Waals surface area contributed by atoms with Crippen LogP contribution in [0.25, 0.3) is 0 Å². The summed E-state index contributed by atoms with van der Waals surface area (Å²) in [7, 11) is 0. The Balaban J connectivity index is 0.00000243. The average molecular weight is 399 g/mol. The van der Waals surface area contributed by atoms with Gasteiger partial charge >= 0.3 is 0 Å². The molecule has 0 radical (unpaired) electrons. The van der Waals surface area contributed by atoms with Gasteiger partial charge < -0.3 is 25.6 Å². The zero-order chi connectivity index (χ0) is 17.8. The number of aliphatic hydroxyl groups excluding tert-OH is 1. The van der Waals surface area contributed by atoms with Crippen LogP contribution in [-0.2, 0) is 11.2 Å². The number of anilines is 1. The molecule has 0 aromatic heterocycles. The highest BCUT2D eigenvalue weighted by Crippen LogP contribution is 2.39. The molecule has 0 saturated carbocycles. The van der Waals surface area contributed by atoms with Gasteiger partial charge in [-0.3, -0.25) is 4.79 Å². The predicted octanol–water partition coefficient (Wildman–Crippen LogP) is 2.51. The number of amides is 1. The van der Waals surface area contributed by atoms with Crippen LogP contribution in [0.15, 0.2) is 36.4 Å². The molecular formula is C18H20Cl2N2O4. The van der Waals surface area contributed by atoms with E-state index in [1.165, 1.54) is 0 Å². The molecule has 1 heterocycles. The highest BCUT2D eigenvalue weighted by atomic mass is 35.5. The number of ether oxygens (including phenoxy) is 2. The van der Waals surface area contributed by atoms with Crippen LogP contribution in [0, 0.1) is 0 Å². The summed E-state index contributed by atoms with van der Waals surface area (Å²) in [5.41, 5.74) is 7.67. The third-order valence-corrected chi connectivity index (χ3v) is 4.12. The van der Waals surface area contributed by atoms with Gasteiger partial charge in [-0.15, -0.1) is 12.4 Å². The summed E-state index contributed by atoms with van der Waals surface area (Å²) in [5, 5.41) is 13.4. The maximum Gasteiger partial charge on any atom is 0.224 e. The number of halogens is 2. The SMILES string of the molecule is Cl.Nc1ccc(CC(=O)NCC(O)c2cc(Cl)c3c(c2)OCCO3)cc1. The van der Waals surface area contributed by atoms with Crippen LogP contribution in [0.3, 0.4) is 0 Å². The van der Waals surface area contributed by atoms with Gasteiger partial charge in [0.05, 0.1) is 17.5 Å². The summed E-state index contributed by atoms with van der Waals surface area (Å²) in [6.07, 6.45) is -0.682. The van der Waals surface area contributed by atoms with Gasteiger partial charge in [0.1, 0.15) is 13.2 Å². The van der Waals surface area contributed by atoms with E-state index in [0.29, 0.717) is 41.0 Å². The number of carbonyl (C=O) groups excluding carboxylic acids is 1. The van der Waals surface area contributed by atoms with Gasteiger partial charge in [-0.1, -0.05) is 23.7 Å². The van der Waals surface area contributed by atoms with Gasteiger partial charge in [0, 0.05) is 12.2 Å². The normalized spacial score (nSPS) is 13.5. The minimum Gasteiger partial charge on any atom is -0.486 e. The molecule has 8 heteroatoms. The third-order valence-electron chi connectivity index (χ3n) is 3.84. The Morgan fingerprint density at radius 2 is 1.92 bits per heavy atom. The summed E-state index contributed by atoms with van der Waals surface area (Å²) in [6, 6.07) is 10.4. The Morgan fingerprint density at radius 1 is 1.23 bits per heavy atom. The van der Waals surface area contributed by atoms with Gasteiger partial charge in [-0.2, -0.15) is 0 Å². The maximum absolute atomic E-state index is 12.0. The van der Waals surface area contributed by atoms with Gasteiger partial charge in [-0.05, 0) is 35.4 Å². The van der Waals surface area contributed by atoms with Crippen molar-refractivity contribution in [2.24, 2.45) is 0 Å². The van der Waals surface area contributed by atoms with Crippen molar-refractivity contribution in [3.05, 3.63) is 52.5 Å². The Bertz CT molecular complexity index is 769. The fourth-order valence-electron chi connectivity index (χ4n) is 2.53. The number of hydrogen-bond donors (Lipinski definition) is 3. The molecule has 1 aliphatic heterocycles. The summed E-state index contributed by atoms with van der Waals surface area (Å²) in [5.74, 6) is 0.796. The first kappa shape index (κ1) is 20.2. The fourth-order valence-corrected chi connectivity index (χ4v) is 2.81. The van der Waals surface area contributed by atoms with Crippen LogP contribution in [0.2, 0.25) is 5.02 Å². The van der Waals surface area contributed by atoms with E-state index < -0.39 is 6.10 Å². The van der Waals surface area contributed by atoms with Crippen LogP contribution in [0.1, 0.15) is 17.2 Å². The molecule has 6 nitrogen and oxygen atoms in total. The van der Waals surface area contributed by atoms with E-state index in [4.69, 9.17) is 26.8 Å².